The fraction of sp³-hybridized carbons (Fsp3) is 0. The van der Waals surface area contributed by atoms with Crippen molar-refractivity contribution >= 4 is 39.4 Å². The van der Waals surface area contributed by atoms with Crippen LogP contribution < -0.4 is 4.90 Å². The fourth-order valence-electron chi connectivity index (χ4n) is 4.80. The lowest BCUT2D eigenvalue weighted by atomic mass is 9.96. The number of hydrogen-bond donors (Lipinski definition) is 0. The Labute approximate surface area is 216 Å². The predicted octanol–water partition coefficient (Wildman–Crippen LogP) is 10.3. The topological polar surface area (TPSA) is 3.24 Å². The maximum atomic E-state index is 6.16. The van der Waals surface area contributed by atoms with Gasteiger partial charge in [-0.25, -0.2) is 0 Å². The Morgan fingerprint density at radius 1 is 0.389 bits per heavy atom. The van der Waals surface area contributed by atoms with E-state index in [2.05, 4.69) is 132 Å². The van der Waals surface area contributed by atoms with E-state index in [-0.39, 0.29) is 0 Å². The zero-order valence-electron chi connectivity index (χ0n) is 19.7. The second-order valence-electron chi connectivity index (χ2n) is 8.77. The molecule has 0 atom stereocenters. The highest BCUT2D eigenvalue weighted by molar-refractivity contribution is 6.30. The predicted molar refractivity (Wildman–Crippen MR) is 155 cm³/mol. The van der Waals surface area contributed by atoms with E-state index in [1.165, 1.54) is 27.5 Å². The molecule has 6 aromatic rings. The average molecular weight is 482 g/mol. The molecule has 172 valence electrons. The summed E-state index contributed by atoms with van der Waals surface area (Å²) in [5, 5.41) is 3.15. The zero-order chi connectivity index (χ0) is 24.3. The molecule has 6 aromatic carbocycles. The first kappa shape index (κ1) is 22.2. The van der Waals surface area contributed by atoms with Crippen molar-refractivity contribution in [1.82, 2.24) is 0 Å². The summed E-state index contributed by atoms with van der Waals surface area (Å²) in [6.45, 7) is 0. The van der Waals surface area contributed by atoms with Crippen molar-refractivity contribution in [3.05, 3.63) is 151 Å². The Morgan fingerprint density at radius 3 is 1.61 bits per heavy atom. The van der Waals surface area contributed by atoms with Crippen LogP contribution in [0.25, 0.3) is 33.0 Å². The number of halogens is 1. The largest absolute Gasteiger partial charge is 0.310 e. The first-order valence-corrected chi connectivity index (χ1v) is 12.4. The second-order valence-corrected chi connectivity index (χ2v) is 9.21. The number of hydrogen-bond acceptors (Lipinski definition) is 1. The molecular formula is C34H24ClN. The van der Waals surface area contributed by atoms with Crippen LogP contribution in [0.15, 0.2) is 146 Å². The van der Waals surface area contributed by atoms with Crippen molar-refractivity contribution in [3.63, 3.8) is 0 Å². The zero-order valence-corrected chi connectivity index (χ0v) is 20.4. The number of fused-ring (bicyclic) bond motifs is 1. The molecule has 0 aromatic heterocycles. The number of anilines is 3. The van der Waals surface area contributed by atoms with E-state index in [0.717, 1.165) is 27.6 Å². The van der Waals surface area contributed by atoms with Crippen molar-refractivity contribution in [2.24, 2.45) is 0 Å². The van der Waals surface area contributed by atoms with Gasteiger partial charge in [-0.3, -0.25) is 0 Å². The van der Waals surface area contributed by atoms with Crippen molar-refractivity contribution in [2.75, 3.05) is 4.90 Å². The molecule has 2 heteroatoms. The molecule has 0 spiro atoms. The van der Waals surface area contributed by atoms with E-state index < -0.39 is 0 Å². The summed E-state index contributed by atoms with van der Waals surface area (Å²) in [5.41, 5.74) is 8.14. The van der Waals surface area contributed by atoms with Gasteiger partial charge < -0.3 is 4.90 Å². The second kappa shape index (κ2) is 9.73. The Kier molecular flexibility index (Phi) is 5.99. The summed E-state index contributed by atoms with van der Waals surface area (Å²) in [7, 11) is 0. The summed E-state index contributed by atoms with van der Waals surface area (Å²) in [6, 6.07) is 51.0. The molecule has 6 rings (SSSR count). The van der Waals surface area contributed by atoms with Crippen LogP contribution in [0.3, 0.4) is 0 Å². The molecule has 0 bridgehead atoms. The molecule has 0 aliphatic heterocycles. The average Bonchev–Trinajstić information content (AvgIpc) is 2.95. The normalized spacial score (nSPS) is 10.9. The third-order valence-electron chi connectivity index (χ3n) is 6.54. The Morgan fingerprint density at radius 2 is 0.917 bits per heavy atom. The quantitative estimate of drug-likeness (QED) is 0.236. The first-order valence-electron chi connectivity index (χ1n) is 12.1. The maximum Gasteiger partial charge on any atom is 0.0540 e. The van der Waals surface area contributed by atoms with E-state index in [4.69, 9.17) is 11.6 Å². The molecule has 0 aliphatic rings. The van der Waals surface area contributed by atoms with E-state index >= 15 is 0 Å². The lowest BCUT2D eigenvalue weighted by Crippen LogP contribution is -2.10. The van der Waals surface area contributed by atoms with Gasteiger partial charge in [-0.1, -0.05) is 115 Å². The van der Waals surface area contributed by atoms with Crippen LogP contribution in [0, 0.1) is 0 Å². The van der Waals surface area contributed by atoms with E-state index in [1.807, 2.05) is 18.2 Å². The SMILES string of the molecule is Clc1ccc(-c2ccc(N(c3ccccc3)c3ccc(-c4ccccc4)cc3)c3ccccc23)cc1. The fourth-order valence-corrected chi connectivity index (χ4v) is 4.92. The summed E-state index contributed by atoms with van der Waals surface area (Å²) in [5.74, 6) is 0. The molecule has 0 saturated carbocycles. The minimum absolute atomic E-state index is 0.744. The van der Waals surface area contributed by atoms with Crippen LogP contribution in [-0.2, 0) is 0 Å². The van der Waals surface area contributed by atoms with Gasteiger partial charge in [0.15, 0.2) is 0 Å². The number of para-hydroxylation sites is 1. The van der Waals surface area contributed by atoms with Crippen LogP contribution in [0.5, 0.6) is 0 Å². The maximum absolute atomic E-state index is 6.16. The third kappa shape index (κ3) is 4.26. The number of rotatable bonds is 5. The Hall–Kier alpha value is -4.33. The summed E-state index contributed by atoms with van der Waals surface area (Å²) in [4.78, 5) is 2.34. The minimum Gasteiger partial charge on any atom is -0.310 e. The Bertz CT molecular complexity index is 1610. The molecule has 0 amide bonds. The lowest BCUT2D eigenvalue weighted by molar-refractivity contribution is 1.30. The molecule has 0 N–H and O–H groups in total. The molecule has 0 fully saturated rings. The van der Waals surface area contributed by atoms with Gasteiger partial charge in [0.2, 0.25) is 0 Å². The van der Waals surface area contributed by atoms with Gasteiger partial charge in [0.05, 0.1) is 5.69 Å². The van der Waals surface area contributed by atoms with Gasteiger partial charge in [0.1, 0.15) is 0 Å². The van der Waals surface area contributed by atoms with Crippen LogP contribution in [-0.4, -0.2) is 0 Å². The minimum atomic E-state index is 0.744. The van der Waals surface area contributed by atoms with Crippen LogP contribution in [0.2, 0.25) is 5.02 Å². The van der Waals surface area contributed by atoms with Gasteiger partial charge in [-0.15, -0.1) is 0 Å². The smallest absolute Gasteiger partial charge is 0.0540 e. The first-order chi connectivity index (χ1) is 17.8. The third-order valence-corrected chi connectivity index (χ3v) is 6.80. The highest BCUT2D eigenvalue weighted by Crippen LogP contribution is 2.42. The van der Waals surface area contributed by atoms with Crippen molar-refractivity contribution < 1.29 is 0 Å². The molecule has 0 heterocycles. The van der Waals surface area contributed by atoms with Crippen LogP contribution in [0.1, 0.15) is 0 Å². The summed E-state index contributed by atoms with van der Waals surface area (Å²) >= 11 is 6.16. The number of nitrogens with zero attached hydrogens (tertiary/aromatic N) is 1. The van der Waals surface area contributed by atoms with Gasteiger partial charge >= 0.3 is 0 Å². The number of benzene rings is 6. The monoisotopic (exact) mass is 481 g/mol. The van der Waals surface area contributed by atoms with E-state index in [9.17, 15) is 0 Å². The van der Waals surface area contributed by atoms with E-state index in [0.29, 0.717) is 0 Å². The molecule has 0 unspecified atom stereocenters. The van der Waals surface area contributed by atoms with Gasteiger partial charge in [0.25, 0.3) is 0 Å². The summed E-state index contributed by atoms with van der Waals surface area (Å²) < 4.78 is 0. The highest BCUT2D eigenvalue weighted by atomic mass is 35.5. The summed E-state index contributed by atoms with van der Waals surface area (Å²) in [6.07, 6.45) is 0. The van der Waals surface area contributed by atoms with Crippen molar-refractivity contribution in [3.8, 4) is 22.3 Å². The highest BCUT2D eigenvalue weighted by Gasteiger charge is 2.17. The molecular weight excluding hydrogens is 458 g/mol. The Balaban J connectivity index is 1.51. The van der Waals surface area contributed by atoms with Crippen LogP contribution >= 0.6 is 11.6 Å². The molecule has 0 aliphatic carbocycles. The van der Waals surface area contributed by atoms with Crippen molar-refractivity contribution in [2.45, 2.75) is 0 Å². The molecule has 36 heavy (non-hydrogen) atoms. The standard InChI is InChI=1S/C34H24ClN/c35-28-19-15-27(16-20-28)31-23-24-34(33-14-8-7-13-32(31)33)36(29-11-5-2-6-12-29)30-21-17-26(18-22-30)25-9-3-1-4-10-25/h1-24H. The van der Waals surface area contributed by atoms with Crippen molar-refractivity contribution in [1.29, 1.82) is 0 Å². The molecule has 1 nitrogen and oxygen atoms in total. The van der Waals surface area contributed by atoms with E-state index in [1.54, 1.807) is 0 Å². The van der Waals surface area contributed by atoms with Gasteiger partial charge in [0, 0.05) is 21.8 Å². The van der Waals surface area contributed by atoms with Gasteiger partial charge in [-0.05, 0) is 70.1 Å². The molecule has 0 radical (unpaired) electrons. The van der Waals surface area contributed by atoms with Crippen LogP contribution in [0.4, 0.5) is 17.1 Å². The van der Waals surface area contributed by atoms with Gasteiger partial charge in [-0.2, -0.15) is 0 Å². The lowest BCUT2D eigenvalue weighted by Gasteiger charge is -2.27. The molecule has 0 saturated heterocycles.